The van der Waals surface area contributed by atoms with Crippen LogP contribution in [0.5, 0.6) is 5.75 Å². The van der Waals surface area contributed by atoms with Crippen molar-refractivity contribution in [3.63, 3.8) is 0 Å². The molecule has 0 atom stereocenters. The lowest BCUT2D eigenvalue weighted by molar-refractivity contribution is -0.120. The zero-order valence-electron chi connectivity index (χ0n) is 18.1. The Balaban J connectivity index is 1.43. The van der Waals surface area contributed by atoms with Crippen LogP contribution in [0.4, 0.5) is 15.8 Å². The van der Waals surface area contributed by atoms with E-state index in [0.29, 0.717) is 11.3 Å². The maximum atomic E-state index is 13.2. The highest BCUT2D eigenvalue weighted by Crippen LogP contribution is 2.30. The van der Waals surface area contributed by atoms with Crippen LogP contribution in [0, 0.1) is 5.82 Å². The van der Waals surface area contributed by atoms with Crippen LogP contribution in [0.15, 0.2) is 83.5 Å². The van der Waals surface area contributed by atoms with E-state index in [0.717, 1.165) is 17.0 Å². The summed E-state index contributed by atoms with van der Waals surface area (Å²) in [6.07, 6.45) is 0. The minimum atomic E-state index is -0.746. The number of hydrogen-bond acceptors (Lipinski definition) is 7. The van der Waals surface area contributed by atoms with Crippen molar-refractivity contribution in [1.29, 1.82) is 0 Å². The van der Waals surface area contributed by atoms with Gasteiger partial charge in [0.25, 0.3) is 11.8 Å². The number of amides is 2. The first-order valence-electron chi connectivity index (χ1n) is 10.1. The molecule has 0 aromatic heterocycles. The molecule has 0 aliphatic carbocycles. The molecule has 0 fully saturated rings. The number of esters is 2. The summed E-state index contributed by atoms with van der Waals surface area (Å²) in [5.74, 6) is -2.88. The Morgan fingerprint density at radius 3 is 2.00 bits per heavy atom. The van der Waals surface area contributed by atoms with Crippen molar-refractivity contribution in [2.75, 3.05) is 17.3 Å². The third kappa shape index (κ3) is 4.90. The Hall–Kier alpha value is -4.50. The van der Waals surface area contributed by atoms with Gasteiger partial charge >= 0.3 is 11.9 Å². The zero-order chi connectivity index (χ0) is 25.1. The Bertz CT molecular complexity index is 1350. The average molecular weight is 495 g/mol. The quantitative estimate of drug-likeness (QED) is 0.310. The third-order valence-electron chi connectivity index (χ3n) is 4.99. The number of hydrogen-bond donors (Lipinski definition) is 1. The van der Waals surface area contributed by atoms with Gasteiger partial charge in [-0.05, 0) is 72.8 Å². The van der Waals surface area contributed by atoms with Gasteiger partial charge < -0.3 is 14.8 Å². The first kappa shape index (κ1) is 23.7. The maximum Gasteiger partial charge on any atom is 0.343 e. The minimum Gasteiger partial charge on any atom is -0.465 e. The van der Waals surface area contributed by atoms with Crippen molar-refractivity contribution in [3.05, 3.63) is 100 Å². The van der Waals surface area contributed by atoms with Crippen molar-refractivity contribution in [2.45, 2.75) is 0 Å². The fourth-order valence-corrected chi connectivity index (χ4v) is 3.43. The van der Waals surface area contributed by atoms with E-state index in [1.807, 2.05) is 0 Å². The standard InChI is InChI=1S/C25H16ClFN2O6/c1-34-24(32)14-4-12-19(13-5-14)35-25(33)15-2-8-17(9-3-15)28-21-20(26)22(30)29(23(21)31)18-10-6-16(27)7-11-18/h2-13,28H,1H3. The van der Waals surface area contributed by atoms with Gasteiger partial charge in [-0.3, -0.25) is 9.59 Å². The summed E-state index contributed by atoms with van der Waals surface area (Å²) >= 11 is 6.09. The van der Waals surface area contributed by atoms with Crippen LogP contribution in [0.1, 0.15) is 20.7 Å². The molecule has 0 spiro atoms. The molecule has 0 saturated carbocycles. The summed E-state index contributed by atoms with van der Waals surface area (Å²) < 4.78 is 23.1. The maximum absolute atomic E-state index is 13.2. The molecular weight excluding hydrogens is 479 g/mol. The normalized spacial score (nSPS) is 13.2. The Kier molecular flexibility index (Phi) is 6.61. The summed E-state index contributed by atoms with van der Waals surface area (Å²) in [5, 5.41) is 2.46. The second kappa shape index (κ2) is 9.78. The van der Waals surface area contributed by atoms with E-state index in [4.69, 9.17) is 16.3 Å². The number of nitrogens with zero attached hydrogens (tertiary/aromatic N) is 1. The summed E-state index contributed by atoms with van der Waals surface area (Å²) in [7, 11) is 1.27. The van der Waals surface area contributed by atoms with E-state index in [1.54, 1.807) is 0 Å². The summed E-state index contributed by atoms with van der Waals surface area (Å²) in [6.45, 7) is 0. The first-order chi connectivity index (χ1) is 16.8. The number of methoxy groups -OCH3 is 1. The molecular formula is C25H16ClFN2O6. The number of carbonyl (C=O) groups is 4. The van der Waals surface area contributed by atoms with Gasteiger partial charge in [-0.25, -0.2) is 18.9 Å². The topological polar surface area (TPSA) is 102 Å². The Morgan fingerprint density at radius 1 is 0.829 bits per heavy atom. The van der Waals surface area contributed by atoms with Gasteiger partial charge in [0.15, 0.2) is 0 Å². The number of carbonyl (C=O) groups excluding carboxylic acids is 4. The van der Waals surface area contributed by atoms with E-state index in [-0.39, 0.29) is 27.7 Å². The molecule has 0 bridgehead atoms. The van der Waals surface area contributed by atoms with Gasteiger partial charge in [0.05, 0.1) is 23.9 Å². The van der Waals surface area contributed by atoms with Gasteiger partial charge in [0.1, 0.15) is 22.3 Å². The van der Waals surface area contributed by atoms with E-state index in [2.05, 4.69) is 10.1 Å². The number of rotatable bonds is 6. The molecule has 10 heteroatoms. The van der Waals surface area contributed by atoms with Crippen molar-refractivity contribution in [1.82, 2.24) is 0 Å². The van der Waals surface area contributed by atoms with Crippen molar-refractivity contribution in [3.8, 4) is 5.75 Å². The number of nitrogens with one attached hydrogen (secondary N) is 1. The van der Waals surface area contributed by atoms with Crippen molar-refractivity contribution >= 4 is 46.7 Å². The van der Waals surface area contributed by atoms with Gasteiger partial charge in [-0.2, -0.15) is 0 Å². The second-order valence-electron chi connectivity index (χ2n) is 7.22. The molecule has 0 saturated heterocycles. The largest absolute Gasteiger partial charge is 0.465 e. The first-order valence-corrected chi connectivity index (χ1v) is 10.5. The van der Waals surface area contributed by atoms with E-state index < -0.39 is 29.6 Å². The molecule has 0 unspecified atom stereocenters. The lowest BCUT2D eigenvalue weighted by Gasteiger charge is -2.15. The van der Waals surface area contributed by atoms with Crippen LogP contribution < -0.4 is 15.0 Å². The predicted molar refractivity (Wildman–Crippen MR) is 125 cm³/mol. The second-order valence-corrected chi connectivity index (χ2v) is 7.60. The number of anilines is 2. The number of benzene rings is 3. The van der Waals surface area contributed by atoms with Crippen LogP contribution in [0.3, 0.4) is 0 Å². The predicted octanol–water partition coefficient (Wildman–Crippen LogP) is 4.27. The SMILES string of the molecule is COC(=O)c1ccc(OC(=O)c2ccc(NC3=C(Cl)C(=O)N(c4ccc(F)cc4)C3=O)cc2)cc1. The highest BCUT2D eigenvalue weighted by Gasteiger charge is 2.39. The Labute approximate surface area is 203 Å². The number of imide groups is 1. The van der Waals surface area contributed by atoms with E-state index in [1.165, 1.54) is 67.8 Å². The lowest BCUT2D eigenvalue weighted by atomic mass is 10.2. The van der Waals surface area contributed by atoms with Gasteiger partial charge in [-0.1, -0.05) is 11.6 Å². The number of halogens is 2. The molecule has 1 N–H and O–H groups in total. The fourth-order valence-electron chi connectivity index (χ4n) is 3.21. The van der Waals surface area contributed by atoms with Crippen LogP contribution >= 0.6 is 11.6 Å². The van der Waals surface area contributed by atoms with Crippen LogP contribution in [0.25, 0.3) is 0 Å². The summed E-state index contributed by atoms with van der Waals surface area (Å²) in [4.78, 5) is 50.0. The van der Waals surface area contributed by atoms with Crippen LogP contribution in [0.2, 0.25) is 0 Å². The molecule has 1 heterocycles. The monoisotopic (exact) mass is 494 g/mol. The molecule has 4 rings (SSSR count). The van der Waals surface area contributed by atoms with Crippen molar-refractivity contribution in [2.24, 2.45) is 0 Å². The highest BCUT2D eigenvalue weighted by atomic mass is 35.5. The minimum absolute atomic E-state index is 0.151. The lowest BCUT2D eigenvalue weighted by Crippen LogP contribution is -2.32. The molecule has 3 aromatic rings. The highest BCUT2D eigenvalue weighted by molar-refractivity contribution is 6.53. The smallest absolute Gasteiger partial charge is 0.343 e. The average Bonchev–Trinajstić information content (AvgIpc) is 3.08. The fraction of sp³-hybridized carbons (Fsp3) is 0.0400. The number of ether oxygens (including phenoxy) is 2. The summed E-state index contributed by atoms with van der Waals surface area (Å²) in [5.41, 5.74) is 0.943. The molecule has 1 aliphatic heterocycles. The molecule has 176 valence electrons. The Morgan fingerprint density at radius 2 is 1.40 bits per heavy atom. The molecule has 8 nitrogen and oxygen atoms in total. The summed E-state index contributed by atoms with van der Waals surface area (Å²) in [6, 6.07) is 16.6. The molecule has 2 amide bonds. The molecule has 3 aromatic carbocycles. The molecule has 1 aliphatic rings. The van der Waals surface area contributed by atoms with Gasteiger partial charge in [0.2, 0.25) is 0 Å². The van der Waals surface area contributed by atoms with Gasteiger partial charge in [0, 0.05) is 5.69 Å². The van der Waals surface area contributed by atoms with E-state index >= 15 is 0 Å². The third-order valence-corrected chi connectivity index (χ3v) is 5.34. The zero-order valence-corrected chi connectivity index (χ0v) is 18.8. The molecule has 35 heavy (non-hydrogen) atoms. The molecule has 0 radical (unpaired) electrons. The van der Waals surface area contributed by atoms with Crippen LogP contribution in [-0.2, 0) is 14.3 Å². The van der Waals surface area contributed by atoms with Crippen molar-refractivity contribution < 1.29 is 33.0 Å². The van der Waals surface area contributed by atoms with Gasteiger partial charge in [-0.15, -0.1) is 0 Å². The van der Waals surface area contributed by atoms with Crippen LogP contribution in [-0.4, -0.2) is 30.9 Å². The van der Waals surface area contributed by atoms with E-state index in [9.17, 15) is 23.6 Å².